The summed E-state index contributed by atoms with van der Waals surface area (Å²) in [7, 11) is -1.91. The van der Waals surface area contributed by atoms with Crippen LogP contribution in [0.1, 0.15) is 32.6 Å². The van der Waals surface area contributed by atoms with Crippen molar-refractivity contribution in [2.24, 2.45) is 5.92 Å². The lowest BCUT2D eigenvalue weighted by molar-refractivity contribution is 0.364. The molecule has 0 bridgehead atoms. The van der Waals surface area contributed by atoms with Crippen LogP contribution in [0.15, 0.2) is 0 Å². The van der Waals surface area contributed by atoms with Gasteiger partial charge in [0.05, 0.1) is 0 Å². The summed E-state index contributed by atoms with van der Waals surface area (Å²) in [6.07, 6.45) is 4.46. The minimum absolute atomic E-state index is 0.0868. The van der Waals surface area contributed by atoms with Gasteiger partial charge in [0.1, 0.15) is 0 Å². The standard InChI is InChI=1S/C7H13O2P/c1-6-4-2-3-5-7(6)10(8)9/h6-7H,2-5H2,1H3/p+1/t6-,7+/m1/s1. The normalized spacial score (nSPS) is 35.6. The Hall–Kier alpha value is 0.0600. The highest BCUT2D eigenvalue weighted by Gasteiger charge is 2.36. The van der Waals surface area contributed by atoms with Gasteiger partial charge in [-0.3, -0.25) is 0 Å². The predicted molar refractivity (Wildman–Crippen MR) is 41.2 cm³/mol. The van der Waals surface area contributed by atoms with Crippen molar-refractivity contribution in [2.45, 2.75) is 38.3 Å². The van der Waals surface area contributed by atoms with E-state index >= 15 is 0 Å². The highest BCUT2D eigenvalue weighted by molar-refractivity contribution is 7.38. The quantitative estimate of drug-likeness (QED) is 0.599. The second-order valence-corrected chi connectivity index (χ2v) is 4.40. The first-order valence-corrected chi connectivity index (χ1v) is 5.15. The Morgan fingerprint density at radius 1 is 1.40 bits per heavy atom. The number of rotatable bonds is 1. The SMILES string of the molecule is C[C@@H]1CCCC[C@@H]1[P+](=O)O. The Balaban J connectivity index is 2.47. The van der Waals surface area contributed by atoms with Crippen molar-refractivity contribution in [2.75, 3.05) is 0 Å². The summed E-state index contributed by atoms with van der Waals surface area (Å²) in [6, 6.07) is 0. The molecule has 0 saturated heterocycles. The average molecular weight is 161 g/mol. The maximum Gasteiger partial charge on any atom is 0.508 e. The zero-order valence-corrected chi connectivity index (χ0v) is 7.18. The van der Waals surface area contributed by atoms with Crippen LogP contribution in [0.5, 0.6) is 0 Å². The molecular weight excluding hydrogens is 147 g/mol. The molecule has 1 saturated carbocycles. The largest absolute Gasteiger partial charge is 0.508 e. The number of hydrogen-bond donors (Lipinski definition) is 1. The van der Waals surface area contributed by atoms with Gasteiger partial charge in [0.2, 0.25) is 0 Å². The molecule has 1 fully saturated rings. The van der Waals surface area contributed by atoms with Crippen molar-refractivity contribution in [3.05, 3.63) is 0 Å². The van der Waals surface area contributed by atoms with E-state index < -0.39 is 8.03 Å². The van der Waals surface area contributed by atoms with Crippen LogP contribution >= 0.6 is 8.03 Å². The molecule has 0 aromatic heterocycles. The molecule has 0 aromatic carbocycles. The van der Waals surface area contributed by atoms with Crippen LogP contribution < -0.4 is 0 Å². The van der Waals surface area contributed by atoms with Gasteiger partial charge in [0.25, 0.3) is 0 Å². The van der Waals surface area contributed by atoms with Gasteiger partial charge >= 0.3 is 8.03 Å². The molecule has 1 unspecified atom stereocenters. The molecule has 0 amide bonds. The molecule has 1 N–H and O–H groups in total. The smallest absolute Gasteiger partial charge is 0.161 e. The van der Waals surface area contributed by atoms with E-state index in [0.29, 0.717) is 5.92 Å². The summed E-state index contributed by atoms with van der Waals surface area (Å²) in [6.45, 7) is 2.08. The molecule has 1 aliphatic carbocycles. The molecular formula is C7H14O2P+. The Labute approximate surface area is 62.5 Å². The molecule has 0 aromatic rings. The van der Waals surface area contributed by atoms with Gasteiger partial charge in [-0.2, -0.15) is 4.89 Å². The first kappa shape index (κ1) is 8.16. The van der Waals surface area contributed by atoms with Crippen LogP contribution in [0.2, 0.25) is 0 Å². The van der Waals surface area contributed by atoms with Gasteiger partial charge in [-0.05, 0) is 23.8 Å². The Morgan fingerprint density at radius 2 is 2.00 bits per heavy atom. The lowest BCUT2D eigenvalue weighted by Gasteiger charge is -2.18. The third-order valence-corrected chi connectivity index (χ3v) is 3.68. The van der Waals surface area contributed by atoms with E-state index in [4.69, 9.17) is 4.89 Å². The monoisotopic (exact) mass is 161 g/mol. The Morgan fingerprint density at radius 3 is 2.40 bits per heavy atom. The maximum absolute atomic E-state index is 10.7. The van der Waals surface area contributed by atoms with Crippen LogP contribution in [-0.4, -0.2) is 10.6 Å². The van der Waals surface area contributed by atoms with E-state index in [1.165, 1.54) is 6.42 Å². The summed E-state index contributed by atoms with van der Waals surface area (Å²) < 4.78 is 10.7. The van der Waals surface area contributed by atoms with Gasteiger partial charge in [-0.25, -0.2) is 0 Å². The van der Waals surface area contributed by atoms with Crippen LogP contribution in [0.4, 0.5) is 0 Å². The lowest BCUT2D eigenvalue weighted by Crippen LogP contribution is -2.18. The summed E-state index contributed by atoms with van der Waals surface area (Å²) >= 11 is 0. The predicted octanol–water partition coefficient (Wildman–Crippen LogP) is 2.30. The summed E-state index contributed by atoms with van der Waals surface area (Å²) in [5.74, 6) is 0.461. The fourth-order valence-electron chi connectivity index (χ4n) is 1.62. The third-order valence-electron chi connectivity index (χ3n) is 2.35. The highest BCUT2D eigenvalue weighted by atomic mass is 31.1. The zero-order chi connectivity index (χ0) is 7.56. The number of hydrogen-bond acceptors (Lipinski definition) is 1. The first-order chi connectivity index (χ1) is 4.72. The van der Waals surface area contributed by atoms with Gasteiger partial charge < -0.3 is 0 Å². The van der Waals surface area contributed by atoms with Crippen molar-refractivity contribution in [1.82, 2.24) is 0 Å². The Kier molecular flexibility index (Phi) is 2.82. The molecule has 10 heavy (non-hydrogen) atoms. The fraction of sp³-hybridized carbons (Fsp3) is 1.00. The molecule has 0 heterocycles. The zero-order valence-electron chi connectivity index (χ0n) is 6.29. The van der Waals surface area contributed by atoms with Crippen LogP contribution in [0.3, 0.4) is 0 Å². The lowest BCUT2D eigenvalue weighted by atomic mass is 9.90. The minimum Gasteiger partial charge on any atom is -0.161 e. The second-order valence-electron chi connectivity index (χ2n) is 3.13. The van der Waals surface area contributed by atoms with Crippen LogP contribution in [0.25, 0.3) is 0 Å². The topological polar surface area (TPSA) is 37.3 Å². The first-order valence-electron chi connectivity index (χ1n) is 3.87. The summed E-state index contributed by atoms with van der Waals surface area (Å²) in [4.78, 5) is 8.86. The Bertz CT molecular complexity index is 136. The van der Waals surface area contributed by atoms with Gasteiger partial charge in [-0.1, -0.05) is 13.3 Å². The van der Waals surface area contributed by atoms with Gasteiger partial charge in [0.15, 0.2) is 5.66 Å². The molecule has 58 valence electrons. The highest BCUT2D eigenvalue weighted by Crippen LogP contribution is 2.38. The molecule has 0 aliphatic heterocycles. The van der Waals surface area contributed by atoms with Crippen molar-refractivity contribution in [3.63, 3.8) is 0 Å². The van der Waals surface area contributed by atoms with Crippen molar-refractivity contribution < 1.29 is 9.46 Å². The molecule has 1 aliphatic rings. The fourth-order valence-corrected chi connectivity index (χ4v) is 2.61. The molecule has 0 spiro atoms. The van der Waals surface area contributed by atoms with E-state index in [0.717, 1.165) is 19.3 Å². The van der Waals surface area contributed by atoms with Crippen molar-refractivity contribution in [1.29, 1.82) is 0 Å². The molecule has 3 atom stereocenters. The summed E-state index contributed by atoms with van der Waals surface area (Å²) in [5.41, 5.74) is 0.0868. The second kappa shape index (κ2) is 3.45. The van der Waals surface area contributed by atoms with E-state index in [1.54, 1.807) is 0 Å². The average Bonchev–Trinajstić information content (AvgIpc) is 1.88. The van der Waals surface area contributed by atoms with E-state index in [2.05, 4.69) is 6.92 Å². The van der Waals surface area contributed by atoms with E-state index in [9.17, 15) is 4.57 Å². The van der Waals surface area contributed by atoms with Gasteiger partial charge in [-0.15, -0.1) is 0 Å². The van der Waals surface area contributed by atoms with Crippen LogP contribution in [0, 0.1) is 5.92 Å². The minimum atomic E-state index is -1.91. The molecule has 3 heteroatoms. The van der Waals surface area contributed by atoms with E-state index in [1.807, 2.05) is 0 Å². The third kappa shape index (κ3) is 1.77. The molecule has 0 radical (unpaired) electrons. The summed E-state index contributed by atoms with van der Waals surface area (Å²) in [5, 5.41) is 0. The maximum atomic E-state index is 10.7. The van der Waals surface area contributed by atoms with Crippen molar-refractivity contribution >= 4 is 8.03 Å². The van der Waals surface area contributed by atoms with Crippen molar-refractivity contribution in [3.8, 4) is 0 Å². The molecule has 2 nitrogen and oxygen atoms in total. The van der Waals surface area contributed by atoms with Gasteiger partial charge in [0, 0.05) is 5.92 Å². The molecule has 1 rings (SSSR count). The van der Waals surface area contributed by atoms with Crippen LogP contribution in [-0.2, 0) is 4.57 Å². The van der Waals surface area contributed by atoms with E-state index in [-0.39, 0.29) is 5.66 Å².